The van der Waals surface area contributed by atoms with E-state index in [4.69, 9.17) is 10.5 Å². The highest BCUT2D eigenvalue weighted by Crippen LogP contribution is 2.33. The molecule has 2 rings (SSSR count). The number of rotatable bonds is 4. The van der Waals surface area contributed by atoms with E-state index < -0.39 is 0 Å². The van der Waals surface area contributed by atoms with Crippen LogP contribution >= 0.6 is 0 Å². The zero-order valence-electron chi connectivity index (χ0n) is 11.4. The molecule has 1 aliphatic rings. The van der Waals surface area contributed by atoms with Crippen LogP contribution in [-0.2, 0) is 18.2 Å². The number of aryl methyl sites for hydroxylation is 1. The third-order valence-corrected chi connectivity index (χ3v) is 4.24. The van der Waals surface area contributed by atoms with E-state index >= 15 is 0 Å². The van der Waals surface area contributed by atoms with Crippen molar-refractivity contribution in [1.82, 2.24) is 14.8 Å². The molecule has 1 saturated carbocycles. The van der Waals surface area contributed by atoms with Gasteiger partial charge in [0.1, 0.15) is 12.2 Å². The molecule has 0 spiro atoms. The van der Waals surface area contributed by atoms with Gasteiger partial charge in [-0.1, -0.05) is 25.7 Å². The molecular weight excluding hydrogens is 228 g/mol. The van der Waals surface area contributed by atoms with Gasteiger partial charge >= 0.3 is 0 Å². The highest BCUT2D eigenvalue weighted by Gasteiger charge is 2.37. The molecule has 1 unspecified atom stereocenters. The van der Waals surface area contributed by atoms with Gasteiger partial charge in [-0.3, -0.25) is 4.68 Å². The Labute approximate surface area is 109 Å². The minimum absolute atomic E-state index is 0.0106. The Balaban J connectivity index is 2.08. The van der Waals surface area contributed by atoms with Crippen molar-refractivity contribution in [3.8, 4) is 0 Å². The van der Waals surface area contributed by atoms with Crippen LogP contribution in [0.3, 0.4) is 0 Å². The average Bonchev–Trinajstić information content (AvgIpc) is 2.66. The number of ether oxygens (including phenoxy) is 1. The minimum atomic E-state index is -0.178. The van der Waals surface area contributed by atoms with Crippen LogP contribution in [0.1, 0.15) is 44.3 Å². The first-order valence-electron chi connectivity index (χ1n) is 6.81. The maximum Gasteiger partial charge on any atom is 0.138 e. The third kappa shape index (κ3) is 2.72. The molecule has 1 fully saturated rings. The second-order valence-corrected chi connectivity index (χ2v) is 5.29. The molecule has 0 bridgehead atoms. The maximum absolute atomic E-state index is 6.42. The summed E-state index contributed by atoms with van der Waals surface area (Å²) < 4.78 is 7.62. The number of nitrogens with zero attached hydrogens (tertiary/aromatic N) is 3. The van der Waals surface area contributed by atoms with Gasteiger partial charge in [0.2, 0.25) is 0 Å². The van der Waals surface area contributed by atoms with Crippen molar-refractivity contribution in [2.45, 2.75) is 56.6 Å². The molecular formula is C13H24N4O. The molecule has 0 aromatic carbocycles. The van der Waals surface area contributed by atoms with E-state index in [1.165, 1.54) is 25.7 Å². The molecule has 1 aliphatic carbocycles. The lowest BCUT2D eigenvalue weighted by atomic mass is 9.84. The van der Waals surface area contributed by atoms with Gasteiger partial charge < -0.3 is 10.5 Å². The summed E-state index contributed by atoms with van der Waals surface area (Å²) in [5.74, 6) is 0.933. The molecule has 5 heteroatoms. The molecule has 0 aliphatic heterocycles. The van der Waals surface area contributed by atoms with Crippen LogP contribution in [0.5, 0.6) is 0 Å². The zero-order chi connectivity index (χ0) is 13.0. The van der Waals surface area contributed by atoms with Gasteiger partial charge in [0, 0.05) is 26.6 Å². The van der Waals surface area contributed by atoms with Crippen LogP contribution in [0, 0.1) is 0 Å². The molecule has 1 heterocycles. The van der Waals surface area contributed by atoms with Crippen LogP contribution in [-0.4, -0.2) is 33.5 Å². The largest absolute Gasteiger partial charge is 0.377 e. The van der Waals surface area contributed by atoms with Gasteiger partial charge in [-0.15, -0.1) is 0 Å². The van der Waals surface area contributed by atoms with Gasteiger partial charge in [-0.2, -0.15) is 5.10 Å². The first-order chi connectivity index (χ1) is 8.68. The Morgan fingerprint density at radius 1 is 1.39 bits per heavy atom. The fourth-order valence-electron chi connectivity index (χ4n) is 2.94. The summed E-state index contributed by atoms with van der Waals surface area (Å²) >= 11 is 0. The lowest BCUT2D eigenvalue weighted by molar-refractivity contribution is -0.0435. The highest BCUT2D eigenvalue weighted by molar-refractivity contribution is 4.99. The first-order valence-corrected chi connectivity index (χ1v) is 6.81. The number of hydrogen-bond acceptors (Lipinski definition) is 4. The Bertz CT molecular complexity index is 369. The summed E-state index contributed by atoms with van der Waals surface area (Å²) in [6, 6.07) is -0.0106. The fraction of sp³-hybridized carbons (Fsp3) is 0.846. The molecule has 18 heavy (non-hydrogen) atoms. The van der Waals surface area contributed by atoms with E-state index in [1.54, 1.807) is 18.1 Å². The molecule has 1 aromatic heterocycles. The number of aromatic nitrogens is 3. The zero-order valence-corrected chi connectivity index (χ0v) is 11.4. The fourth-order valence-corrected chi connectivity index (χ4v) is 2.94. The second kappa shape index (κ2) is 5.80. The van der Waals surface area contributed by atoms with Crippen molar-refractivity contribution in [2.75, 3.05) is 7.11 Å². The molecule has 102 valence electrons. The minimum Gasteiger partial charge on any atom is -0.377 e. The highest BCUT2D eigenvalue weighted by atomic mass is 16.5. The van der Waals surface area contributed by atoms with E-state index in [0.717, 1.165) is 25.1 Å². The summed E-state index contributed by atoms with van der Waals surface area (Å²) in [6.07, 6.45) is 9.42. The molecule has 0 radical (unpaired) electrons. The van der Waals surface area contributed by atoms with Gasteiger partial charge in [-0.05, 0) is 12.8 Å². The Morgan fingerprint density at radius 3 is 2.56 bits per heavy atom. The van der Waals surface area contributed by atoms with Crippen LogP contribution in [0.25, 0.3) is 0 Å². The van der Waals surface area contributed by atoms with E-state index in [2.05, 4.69) is 10.1 Å². The molecule has 1 aromatic rings. The van der Waals surface area contributed by atoms with E-state index in [1.807, 2.05) is 7.05 Å². The van der Waals surface area contributed by atoms with Crippen molar-refractivity contribution in [3.63, 3.8) is 0 Å². The van der Waals surface area contributed by atoms with Crippen molar-refractivity contribution in [1.29, 1.82) is 0 Å². The smallest absolute Gasteiger partial charge is 0.138 e. The van der Waals surface area contributed by atoms with Crippen LogP contribution in [0.2, 0.25) is 0 Å². The van der Waals surface area contributed by atoms with Crippen molar-refractivity contribution in [3.05, 3.63) is 12.2 Å². The Hall–Kier alpha value is -0.940. The second-order valence-electron chi connectivity index (χ2n) is 5.29. The molecule has 0 amide bonds. The van der Waals surface area contributed by atoms with E-state index in [-0.39, 0.29) is 11.6 Å². The van der Waals surface area contributed by atoms with Crippen molar-refractivity contribution >= 4 is 0 Å². The van der Waals surface area contributed by atoms with Crippen molar-refractivity contribution < 1.29 is 4.74 Å². The van der Waals surface area contributed by atoms with E-state index in [9.17, 15) is 0 Å². The van der Waals surface area contributed by atoms with Crippen LogP contribution in [0.4, 0.5) is 0 Å². The monoisotopic (exact) mass is 252 g/mol. The number of methoxy groups -OCH3 is 1. The Kier molecular flexibility index (Phi) is 4.35. The lowest BCUT2D eigenvalue weighted by Crippen LogP contribution is -2.50. The predicted octanol–water partition coefficient (Wildman–Crippen LogP) is 1.42. The van der Waals surface area contributed by atoms with Gasteiger partial charge in [0.05, 0.1) is 5.60 Å². The molecule has 1 atom stereocenters. The maximum atomic E-state index is 6.42. The SMILES string of the molecule is COC1(C(N)Cc2ncnn2C)CCCCCC1. The van der Waals surface area contributed by atoms with Gasteiger partial charge in [0.15, 0.2) is 0 Å². The first kappa shape index (κ1) is 13.5. The molecule has 2 N–H and O–H groups in total. The van der Waals surface area contributed by atoms with Gasteiger partial charge in [-0.25, -0.2) is 4.98 Å². The summed E-state index contributed by atoms with van der Waals surface area (Å²) in [5, 5.41) is 4.09. The lowest BCUT2D eigenvalue weighted by Gasteiger charge is -2.37. The normalized spacial score (nSPS) is 21.5. The summed E-state index contributed by atoms with van der Waals surface area (Å²) in [7, 11) is 3.70. The van der Waals surface area contributed by atoms with Crippen LogP contribution < -0.4 is 5.73 Å². The summed E-state index contributed by atoms with van der Waals surface area (Å²) in [6.45, 7) is 0. The quantitative estimate of drug-likeness (QED) is 0.823. The summed E-state index contributed by atoms with van der Waals surface area (Å²) in [5.41, 5.74) is 6.24. The third-order valence-electron chi connectivity index (χ3n) is 4.24. The van der Waals surface area contributed by atoms with Crippen LogP contribution in [0.15, 0.2) is 6.33 Å². The standard InChI is InChI=1S/C13H24N4O/c1-17-12(15-10-16-17)9-11(14)13(18-2)7-5-3-4-6-8-13/h10-11H,3-9,14H2,1-2H3. The molecule has 5 nitrogen and oxygen atoms in total. The number of nitrogens with two attached hydrogens (primary N) is 1. The van der Waals surface area contributed by atoms with Gasteiger partial charge in [0.25, 0.3) is 0 Å². The predicted molar refractivity (Wildman–Crippen MR) is 70.1 cm³/mol. The number of hydrogen-bond donors (Lipinski definition) is 1. The topological polar surface area (TPSA) is 66.0 Å². The average molecular weight is 252 g/mol. The summed E-state index contributed by atoms with van der Waals surface area (Å²) in [4.78, 5) is 4.26. The Morgan fingerprint density at radius 2 is 2.06 bits per heavy atom. The van der Waals surface area contributed by atoms with E-state index in [0.29, 0.717) is 0 Å². The van der Waals surface area contributed by atoms with Crippen molar-refractivity contribution in [2.24, 2.45) is 12.8 Å². The molecule has 0 saturated heterocycles.